The number of rotatable bonds is 4. The number of aliphatic hydroxyl groups excluding tert-OH is 1. The highest BCUT2D eigenvalue weighted by Crippen LogP contribution is 2.49. The quantitative estimate of drug-likeness (QED) is 0.634. The Bertz CT molecular complexity index is 1180. The zero-order chi connectivity index (χ0) is 23.2. The molecule has 2 aliphatic rings. The van der Waals surface area contributed by atoms with Crippen molar-refractivity contribution in [1.29, 1.82) is 0 Å². The van der Waals surface area contributed by atoms with Crippen molar-refractivity contribution in [2.45, 2.75) is 37.8 Å². The summed E-state index contributed by atoms with van der Waals surface area (Å²) in [5, 5.41) is 11.6. The SMILES string of the molecule is COc1ccc2c3c([nH]c2c1)C(CO)N(Cc1ccccc1F)CC31CCN(C(C)=O)CC1. The number of carbonyl (C=O) groups excluding carboxylic acids is 1. The van der Waals surface area contributed by atoms with Crippen LogP contribution in [0.4, 0.5) is 4.39 Å². The Hall–Kier alpha value is -2.90. The number of aliphatic hydroxyl groups is 1. The molecule has 0 radical (unpaired) electrons. The van der Waals surface area contributed by atoms with E-state index in [9.17, 15) is 14.3 Å². The normalized spacial score (nSPS) is 20.2. The summed E-state index contributed by atoms with van der Waals surface area (Å²) in [5.41, 5.74) is 3.62. The minimum Gasteiger partial charge on any atom is -0.497 e. The van der Waals surface area contributed by atoms with Crippen LogP contribution in [0.5, 0.6) is 5.75 Å². The van der Waals surface area contributed by atoms with Crippen molar-refractivity contribution >= 4 is 16.8 Å². The Kier molecular flexibility index (Phi) is 5.62. The maximum absolute atomic E-state index is 14.5. The number of nitrogens with zero attached hydrogens (tertiary/aromatic N) is 2. The number of aromatic amines is 1. The van der Waals surface area contributed by atoms with Gasteiger partial charge in [-0.2, -0.15) is 0 Å². The van der Waals surface area contributed by atoms with E-state index in [0.717, 1.165) is 35.2 Å². The molecule has 1 aromatic heterocycles. The number of piperidine rings is 1. The number of ether oxygens (including phenoxy) is 1. The Labute approximate surface area is 193 Å². The van der Waals surface area contributed by atoms with Gasteiger partial charge in [-0.1, -0.05) is 18.2 Å². The van der Waals surface area contributed by atoms with Crippen molar-refractivity contribution in [3.8, 4) is 5.75 Å². The lowest BCUT2D eigenvalue weighted by Gasteiger charge is -2.50. The van der Waals surface area contributed by atoms with E-state index in [4.69, 9.17) is 4.74 Å². The lowest BCUT2D eigenvalue weighted by atomic mass is 9.68. The average molecular weight is 452 g/mol. The molecule has 3 aromatic rings. The summed E-state index contributed by atoms with van der Waals surface area (Å²) in [6.45, 7) is 4.04. The van der Waals surface area contributed by atoms with Crippen molar-refractivity contribution in [1.82, 2.24) is 14.8 Å². The largest absolute Gasteiger partial charge is 0.497 e. The zero-order valence-corrected chi connectivity index (χ0v) is 19.1. The fourth-order valence-corrected chi connectivity index (χ4v) is 5.78. The molecule has 2 aromatic carbocycles. The Morgan fingerprint density at radius 2 is 2.00 bits per heavy atom. The number of fused-ring (bicyclic) bond motifs is 4. The van der Waals surface area contributed by atoms with Crippen LogP contribution >= 0.6 is 0 Å². The molecule has 7 heteroatoms. The molecule has 1 fully saturated rings. The van der Waals surface area contributed by atoms with E-state index in [1.54, 1.807) is 26.2 Å². The summed E-state index contributed by atoms with van der Waals surface area (Å²) >= 11 is 0. The molecule has 5 rings (SSSR count). The van der Waals surface area contributed by atoms with Gasteiger partial charge >= 0.3 is 0 Å². The van der Waals surface area contributed by atoms with Gasteiger partial charge in [-0.05, 0) is 36.6 Å². The van der Waals surface area contributed by atoms with Crippen molar-refractivity contribution < 1.29 is 19.0 Å². The number of nitrogens with one attached hydrogen (secondary N) is 1. The molecule has 1 atom stereocenters. The third-order valence-corrected chi connectivity index (χ3v) is 7.51. The summed E-state index contributed by atoms with van der Waals surface area (Å²) in [7, 11) is 1.65. The number of likely N-dealkylation sites (tertiary alicyclic amines) is 1. The first-order valence-electron chi connectivity index (χ1n) is 11.5. The van der Waals surface area contributed by atoms with Crippen LogP contribution in [0.2, 0.25) is 0 Å². The fraction of sp³-hybridized carbons (Fsp3) is 0.423. The van der Waals surface area contributed by atoms with E-state index in [2.05, 4.69) is 16.0 Å². The maximum atomic E-state index is 14.5. The van der Waals surface area contributed by atoms with Gasteiger partial charge in [0.25, 0.3) is 0 Å². The fourth-order valence-electron chi connectivity index (χ4n) is 5.78. The number of amides is 1. The molecule has 0 aliphatic carbocycles. The summed E-state index contributed by atoms with van der Waals surface area (Å²) in [5.74, 6) is 0.633. The first kappa shape index (κ1) is 21.9. The molecule has 0 saturated carbocycles. The second-order valence-electron chi connectivity index (χ2n) is 9.31. The first-order chi connectivity index (χ1) is 16.0. The van der Waals surface area contributed by atoms with Crippen LogP contribution in [-0.2, 0) is 16.8 Å². The van der Waals surface area contributed by atoms with Gasteiger partial charge in [0, 0.05) is 66.7 Å². The van der Waals surface area contributed by atoms with Crippen LogP contribution in [0.15, 0.2) is 42.5 Å². The number of halogens is 1. The van der Waals surface area contributed by atoms with Crippen LogP contribution in [0.1, 0.15) is 42.6 Å². The lowest BCUT2D eigenvalue weighted by molar-refractivity contribution is -0.130. The standard InChI is InChI=1S/C26H30FN3O3/c1-17(32)29-11-9-26(10-12-29)16-30(14-18-5-3-4-6-21(18)27)23(15-31)25-24(26)20-8-7-19(33-2)13-22(20)28-25/h3-8,13,23,28,31H,9-12,14-16H2,1-2H3. The predicted molar refractivity (Wildman–Crippen MR) is 125 cm³/mol. The predicted octanol–water partition coefficient (Wildman–Crippen LogP) is 3.74. The molecule has 174 valence electrons. The molecular weight excluding hydrogens is 421 g/mol. The molecule has 1 saturated heterocycles. The Balaban J connectivity index is 1.62. The van der Waals surface area contributed by atoms with Crippen molar-refractivity contribution in [2.24, 2.45) is 0 Å². The van der Waals surface area contributed by atoms with E-state index >= 15 is 0 Å². The topological polar surface area (TPSA) is 68.8 Å². The third-order valence-electron chi connectivity index (χ3n) is 7.51. The summed E-state index contributed by atoms with van der Waals surface area (Å²) in [4.78, 5) is 19.7. The number of carbonyl (C=O) groups is 1. The van der Waals surface area contributed by atoms with Gasteiger partial charge < -0.3 is 19.7 Å². The molecule has 3 heterocycles. The summed E-state index contributed by atoms with van der Waals surface area (Å²) in [6.07, 6.45) is 1.65. The van der Waals surface area contributed by atoms with Crippen LogP contribution in [0.25, 0.3) is 10.9 Å². The zero-order valence-electron chi connectivity index (χ0n) is 19.1. The van der Waals surface area contributed by atoms with Gasteiger partial charge in [0.1, 0.15) is 11.6 Å². The monoisotopic (exact) mass is 451 g/mol. The van der Waals surface area contributed by atoms with Gasteiger partial charge in [-0.25, -0.2) is 4.39 Å². The number of methoxy groups -OCH3 is 1. The summed E-state index contributed by atoms with van der Waals surface area (Å²) < 4.78 is 20.0. The van der Waals surface area contributed by atoms with E-state index in [0.29, 0.717) is 31.7 Å². The molecule has 1 spiro atoms. The molecule has 6 nitrogen and oxygen atoms in total. The van der Waals surface area contributed by atoms with Crippen LogP contribution in [-0.4, -0.2) is 59.1 Å². The highest BCUT2D eigenvalue weighted by atomic mass is 19.1. The number of benzene rings is 2. The van der Waals surface area contributed by atoms with Crippen LogP contribution in [0.3, 0.4) is 0 Å². The smallest absolute Gasteiger partial charge is 0.219 e. The average Bonchev–Trinajstić information content (AvgIpc) is 3.20. The van der Waals surface area contributed by atoms with Gasteiger partial charge in [0.05, 0.1) is 19.8 Å². The molecule has 2 N–H and O–H groups in total. The number of hydrogen-bond donors (Lipinski definition) is 2. The van der Waals surface area contributed by atoms with E-state index in [1.807, 2.05) is 23.1 Å². The molecule has 0 bridgehead atoms. The summed E-state index contributed by atoms with van der Waals surface area (Å²) in [6, 6.07) is 12.6. The lowest BCUT2D eigenvalue weighted by Crippen LogP contribution is -2.54. The van der Waals surface area contributed by atoms with E-state index < -0.39 is 0 Å². The Morgan fingerprint density at radius 3 is 2.67 bits per heavy atom. The van der Waals surface area contributed by atoms with Gasteiger partial charge in [-0.15, -0.1) is 0 Å². The first-order valence-corrected chi connectivity index (χ1v) is 11.5. The van der Waals surface area contributed by atoms with Gasteiger partial charge in [-0.3, -0.25) is 9.69 Å². The van der Waals surface area contributed by atoms with Crippen LogP contribution < -0.4 is 4.74 Å². The second-order valence-corrected chi connectivity index (χ2v) is 9.31. The van der Waals surface area contributed by atoms with Crippen molar-refractivity contribution in [3.63, 3.8) is 0 Å². The van der Waals surface area contributed by atoms with Gasteiger partial charge in [0.15, 0.2) is 0 Å². The number of hydrogen-bond acceptors (Lipinski definition) is 4. The third kappa shape index (κ3) is 3.69. The van der Waals surface area contributed by atoms with Crippen molar-refractivity contribution in [3.05, 3.63) is 65.1 Å². The minimum absolute atomic E-state index is 0.0684. The maximum Gasteiger partial charge on any atom is 0.219 e. The molecule has 33 heavy (non-hydrogen) atoms. The highest BCUT2D eigenvalue weighted by Gasteiger charge is 2.47. The van der Waals surface area contributed by atoms with Gasteiger partial charge in [0.2, 0.25) is 5.91 Å². The highest BCUT2D eigenvalue weighted by molar-refractivity contribution is 5.88. The number of H-pyrrole nitrogens is 1. The second kappa shape index (κ2) is 8.47. The molecule has 2 aliphatic heterocycles. The van der Waals surface area contributed by atoms with Crippen LogP contribution in [0, 0.1) is 5.82 Å². The molecule has 1 amide bonds. The molecule has 1 unspecified atom stereocenters. The van der Waals surface area contributed by atoms with E-state index in [1.165, 1.54) is 11.6 Å². The Morgan fingerprint density at radius 1 is 1.24 bits per heavy atom. The molecular formula is C26H30FN3O3. The minimum atomic E-state index is -0.269. The van der Waals surface area contributed by atoms with Crippen molar-refractivity contribution in [2.75, 3.05) is 33.4 Å². The number of aromatic nitrogens is 1. The van der Waals surface area contributed by atoms with E-state index in [-0.39, 0.29) is 29.8 Å².